The second-order valence-electron chi connectivity index (χ2n) is 6.47. The SMILES string of the molecule is C=CC(=O)OCCOc1cc(CCCO)ccc1CCc1ccc(C)cc1. The van der Waals surface area contributed by atoms with Gasteiger partial charge >= 0.3 is 5.97 Å². The lowest BCUT2D eigenvalue weighted by molar-refractivity contribution is -0.138. The lowest BCUT2D eigenvalue weighted by Crippen LogP contribution is -2.11. The van der Waals surface area contributed by atoms with Crippen LogP contribution in [0.2, 0.25) is 0 Å². The van der Waals surface area contributed by atoms with Crippen molar-refractivity contribution in [1.29, 1.82) is 0 Å². The van der Waals surface area contributed by atoms with Gasteiger partial charge in [-0.2, -0.15) is 0 Å². The van der Waals surface area contributed by atoms with Gasteiger partial charge in [0.2, 0.25) is 0 Å². The van der Waals surface area contributed by atoms with Crippen LogP contribution >= 0.6 is 0 Å². The van der Waals surface area contributed by atoms with Crippen molar-refractivity contribution in [2.24, 2.45) is 0 Å². The molecular formula is C23H28O4. The summed E-state index contributed by atoms with van der Waals surface area (Å²) in [5.41, 5.74) is 4.79. The Morgan fingerprint density at radius 1 is 1.04 bits per heavy atom. The number of aliphatic hydroxyl groups excluding tert-OH is 1. The molecule has 1 N–H and O–H groups in total. The van der Waals surface area contributed by atoms with Crippen LogP contribution in [0.3, 0.4) is 0 Å². The lowest BCUT2D eigenvalue weighted by Gasteiger charge is -2.14. The second-order valence-corrected chi connectivity index (χ2v) is 6.47. The van der Waals surface area contributed by atoms with Crippen LogP contribution in [0.1, 0.15) is 28.7 Å². The van der Waals surface area contributed by atoms with Gasteiger partial charge in [-0.3, -0.25) is 0 Å². The van der Waals surface area contributed by atoms with Crippen molar-refractivity contribution in [1.82, 2.24) is 0 Å². The molecule has 4 nitrogen and oxygen atoms in total. The zero-order valence-corrected chi connectivity index (χ0v) is 15.9. The first-order valence-electron chi connectivity index (χ1n) is 9.32. The molecule has 2 rings (SSSR count). The molecule has 0 fully saturated rings. The Morgan fingerprint density at radius 2 is 1.78 bits per heavy atom. The Hall–Kier alpha value is -2.59. The van der Waals surface area contributed by atoms with Crippen molar-refractivity contribution >= 4 is 5.97 Å². The van der Waals surface area contributed by atoms with Crippen LogP contribution in [0, 0.1) is 6.92 Å². The fourth-order valence-electron chi connectivity index (χ4n) is 2.77. The molecule has 0 saturated carbocycles. The van der Waals surface area contributed by atoms with Crippen LogP contribution in [-0.4, -0.2) is 30.9 Å². The number of carbonyl (C=O) groups is 1. The van der Waals surface area contributed by atoms with Gasteiger partial charge in [0.1, 0.15) is 19.0 Å². The normalized spacial score (nSPS) is 10.4. The number of carbonyl (C=O) groups excluding carboxylic acids is 1. The predicted octanol–water partition coefficient (Wildman–Crippen LogP) is 3.81. The van der Waals surface area contributed by atoms with E-state index in [2.05, 4.69) is 49.9 Å². The number of hydrogen-bond acceptors (Lipinski definition) is 4. The molecule has 4 heteroatoms. The molecule has 0 aliphatic rings. The van der Waals surface area contributed by atoms with Crippen molar-refractivity contribution in [3.8, 4) is 5.75 Å². The average Bonchev–Trinajstić information content (AvgIpc) is 2.69. The van der Waals surface area contributed by atoms with E-state index in [-0.39, 0.29) is 13.2 Å². The number of hydrogen-bond donors (Lipinski definition) is 1. The second kappa shape index (κ2) is 11.2. The summed E-state index contributed by atoms with van der Waals surface area (Å²) in [7, 11) is 0. The maximum atomic E-state index is 11.1. The van der Waals surface area contributed by atoms with Gasteiger partial charge in [0.15, 0.2) is 0 Å². The molecule has 144 valence electrons. The number of aryl methyl sites for hydroxylation is 4. The molecule has 0 spiro atoms. The molecule has 0 amide bonds. The Morgan fingerprint density at radius 3 is 2.48 bits per heavy atom. The van der Waals surface area contributed by atoms with E-state index < -0.39 is 5.97 Å². The summed E-state index contributed by atoms with van der Waals surface area (Å²) in [6.07, 6.45) is 4.46. The molecule has 27 heavy (non-hydrogen) atoms. The molecular weight excluding hydrogens is 340 g/mol. The molecule has 2 aromatic carbocycles. The fourth-order valence-corrected chi connectivity index (χ4v) is 2.77. The summed E-state index contributed by atoms with van der Waals surface area (Å²) in [6.45, 7) is 6.10. The van der Waals surface area contributed by atoms with E-state index in [9.17, 15) is 4.79 Å². The van der Waals surface area contributed by atoms with E-state index in [0.29, 0.717) is 6.61 Å². The number of benzene rings is 2. The third-order valence-electron chi connectivity index (χ3n) is 4.31. The van der Waals surface area contributed by atoms with Gasteiger partial charge in [-0.05, 0) is 55.4 Å². The summed E-state index contributed by atoms with van der Waals surface area (Å²) in [6, 6.07) is 14.8. The Labute approximate surface area is 161 Å². The first kappa shape index (κ1) is 20.7. The largest absolute Gasteiger partial charge is 0.490 e. The highest BCUT2D eigenvalue weighted by atomic mass is 16.6. The third-order valence-corrected chi connectivity index (χ3v) is 4.31. The molecule has 0 heterocycles. The van der Waals surface area contributed by atoms with Crippen LogP contribution in [0.5, 0.6) is 5.75 Å². The first-order chi connectivity index (χ1) is 13.1. The van der Waals surface area contributed by atoms with Crippen molar-refractivity contribution < 1.29 is 19.4 Å². The fraction of sp³-hybridized carbons (Fsp3) is 0.348. The minimum absolute atomic E-state index is 0.170. The van der Waals surface area contributed by atoms with E-state index in [0.717, 1.165) is 48.6 Å². The van der Waals surface area contributed by atoms with Crippen LogP contribution in [-0.2, 0) is 28.8 Å². The Kier molecular flexibility index (Phi) is 8.59. The quantitative estimate of drug-likeness (QED) is 0.372. The molecule has 0 bridgehead atoms. The van der Waals surface area contributed by atoms with Crippen molar-refractivity contribution in [3.63, 3.8) is 0 Å². The van der Waals surface area contributed by atoms with E-state index >= 15 is 0 Å². The summed E-state index contributed by atoms with van der Waals surface area (Å²) in [4.78, 5) is 11.1. The summed E-state index contributed by atoms with van der Waals surface area (Å²) in [5.74, 6) is 0.363. The van der Waals surface area contributed by atoms with Crippen LogP contribution < -0.4 is 4.74 Å². The minimum Gasteiger partial charge on any atom is -0.490 e. The van der Waals surface area contributed by atoms with E-state index in [1.165, 1.54) is 11.1 Å². The van der Waals surface area contributed by atoms with Gasteiger partial charge in [-0.1, -0.05) is 48.5 Å². The van der Waals surface area contributed by atoms with Gasteiger partial charge in [0, 0.05) is 12.7 Å². The van der Waals surface area contributed by atoms with Crippen LogP contribution in [0.25, 0.3) is 0 Å². The molecule has 2 aromatic rings. The van der Waals surface area contributed by atoms with Crippen molar-refractivity contribution in [2.45, 2.75) is 32.6 Å². The van der Waals surface area contributed by atoms with Gasteiger partial charge in [-0.15, -0.1) is 0 Å². The molecule has 0 radical (unpaired) electrons. The highest BCUT2D eigenvalue weighted by Gasteiger charge is 2.07. The number of ether oxygens (including phenoxy) is 2. The third kappa shape index (κ3) is 7.27. The molecule has 0 atom stereocenters. The summed E-state index contributed by atoms with van der Waals surface area (Å²) in [5, 5.41) is 9.04. The van der Waals surface area contributed by atoms with Gasteiger partial charge in [0.25, 0.3) is 0 Å². The molecule has 0 saturated heterocycles. The summed E-state index contributed by atoms with van der Waals surface area (Å²) >= 11 is 0. The van der Waals surface area contributed by atoms with Crippen LogP contribution in [0.15, 0.2) is 55.1 Å². The standard InChI is InChI=1S/C23H28O4/c1-3-23(25)27-16-15-26-22-17-20(5-4-14-24)11-13-21(22)12-10-19-8-6-18(2)7-9-19/h3,6-9,11,13,17,24H,1,4-5,10,12,14-16H2,2H3. The van der Waals surface area contributed by atoms with E-state index in [1.54, 1.807) is 0 Å². The van der Waals surface area contributed by atoms with Crippen molar-refractivity contribution in [2.75, 3.05) is 19.8 Å². The average molecular weight is 368 g/mol. The zero-order chi connectivity index (χ0) is 19.5. The highest BCUT2D eigenvalue weighted by molar-refractivity contribution is 5.81. The van der Waals surface area contributed by atoms with E-state index in [4.69, 9.17) is 14.6 Å². The highest BCUT2D eigenvalue weighted by Crippen LogP contribution is 2.23. The maximum absolute atomic E-state index is 11.1. The molecule has 0 unspecified atom stereocenters. The van der Waals surface area contributed by atoms with Gasteiger partial charge in [0.05, 0.1) is 0 Å². The topological polar surface area (TPSA) is 55.8 Å². The van der Waals surface area contributed by atoms with Crippen LogP contribution in [0.4, 0.5) is 0 Å². The molecule has 0 aromatic heterocycles. The number of esters is 1. The van der Waals surface area contributed by atoms with Crippen molar-refractivity contribution in [3.05, 3.63) is 77.4 Å². The Balaban J connectivity index is 2.02. The minimum atomic E-state index is -0.449. The molecule has 0 aliphatic heterocycles. The monoisotopic (exact) mass is 368 g/mol. The maximum Gasteiger partial charge on any atom is 0.330 e. The Bertz CT molecular complexity index is 735. The first-order valence-corrected chi connectivity index (χ1v) is 9.32. The van der Waals surface area contributed by atoms with Gasteiger partial charge < -0.3 is 14.6 Å². The smallest absolute Gasteiger partial charge is 0.330 e. The summed E-state index contributed by atoms with van der Waals surface area (Å²) < 4.78 is 10.9. The lowest BCUT2D eigenvalue weighted by atomic mass is 10.00. The van der Waals surface area contributed by atoms with E-state index in [1.807, 2.05) is 6.07 Å². The number of rotatable bonds is 11. The number of aliphatic hydroxyl groups is 1. The zero-order valence-electron chi connectivity index (χ0n) is 15.9. The van der Waals surface area contributed by atoms with Gasteiger partial charge in [-0.25, -0.2) is 4.79 Å². The molecule has 0 aliphatic carbocycles. The predicted molar refractivity (Wildman–Crippen MR) is 107 cm³/mol.